The summed E-state index contributed by atoms with van der Waals surface area (Å²) in [6.07, 6.45) is 4.43. The van der Waals surface area contributed by atoms with Crippen LogP contribution in [0.2, 0.25) is 0 Å². The lowest BCUT2D eigenvalue weighted by molar-refractivity contribution is -0.138. The van der Waals surface area contributed by atoms with Crippen LogP contribution in [-0.2, 0) is 9.59 Å². The average Bonchev–Trinajstić information content (AvgIpc) is 2.39. The van der Waals surface area contributed by atoms with Crippen molar-refractivity contribution in [2.45, 2.75) is 45.1 Å². The third-order valence-corrected chi connectivity index (χ3v) is 4.54. The molecule has 1 amide bonds. The summed E-state index contributed by atoms with van der Waals surface area (Å²) >= 11 is 0. The largest absolute Gasteiger partial charge is 0.481 e. The van der Waals surface area contributed by atoms with Crippen molar-refractivity contribution in [2.24, 2.45) is 5.92 Å². The molecule has 1 N–H and O–H groups in total. The Labute approximate surface area is 114 Å². The number of rotatable bonds is 3. The topological polar surface area (TPSA) is 60.9 Å². The van der Waals surface area contributed by atoms with E-state index in [1.54, 1.807) is 6.92 Å². The molecule has 0 unspecified atom stereocenters. The van der Waals surface area contributed by atoms with Crippen molar-refractivity contribution in [2.75, 3.05) is 26.2 Å². The standard InChI is InChI=1S/C14H24N2O3/c1-11(17)15-8-4-13(5-9-15)16-6-2-12(3-7-16)10-14(18)19/h12-13H,2-10H2,1H3,(H,18,19). The Morgan fingerprint density at radius 1 is 1.05 bits per heavy atom. The molecule has 5 heteroatoms. The van der Waals surface area contributed by atoms with Gasteiger partial charge in [0.2, 0.25) is 5.91 Å². The molecule has 0 aromatic rings. The molecule has 2 saturated heterocycles. The van der Waals surface area contributed by atoms with Crippen molar-refractivity contribution >= 4 is 11.9 Å². The van der Waals surface area contributed by atoms with Crippen LogP contribution in [0.1, 0.15) is 39.0 Å². The van der Waals surface area contributed by atoms with Gasteiger partial charge >= 0.3 is 5.97 Å². The highest BCUT2D eigenvalue weighted by Gasteiger charge is 2.29. The van der Waals surface area contributed by atoms with E-state index in [0.717, 1.165) is 51.9 Å². The van der Waals surface area contributed by atoms with Crippen molar-refractivity contribution in [3.05, 3.63) is 0 Å². The van der Waals surface area contributed by atoms with Gasteiger partial charge < -0.3 is 14.9 Å². The van der Waals surface area contributed by atoms with Gasteiger partial charge in [0.1, 0.15) is 0 Å². The Bertz CT molecular complexity index is 330. The molecule has 0 radical (unpaired) electrons. The van der Waals surface area contributed by atoms with Crippen molar-refractivity contribution in [3.63, 3.8) is 0 Å². The summed E-state index contributed by atoms with van der Waals surface area (Å²) in [5, 5.41) is 8.81. The molecule has 108 valence electrons. The zero-order chi connectivity index (χ0) is 13.8. The Morgan fingerprint density at radius 2 is 1.63 bits per heavy atom. The molecule has 2 aliphatic rings. The van der Waals surface area contributed by atoms with Crippen LogP contribution in [0.4, 0.5) is 0 Å². The monoisotopic (exact) mass is 268 g/mol. The van der Waals surface area contributed by atoms with E-state index >= 15 is 0 Å². The number of hydrogen-bond acceptors (Lipinski definition) is 3. The zero-order valence-electron chi connectivity index (χ0n) is 11.7. The van der Waals surface area contributed by atoms with Crippen LogP contribution in [0.15, 0.2) is 0 Å². The maximum atomic E-state index is 11.3. The Morgan fingerprint density at radius 3 is 2.11 bits per heavy atom. The molecule has 5 nitrogen and oxygen atoms in total. The maximum absolute atomic E-state index is 11.3. The summed E-state index contributed by atoms with van der Waals surface area (Å²) in [5.74, 6) is -0.141. The number of nitrogens with zero attached hydrogens (tertiary/aromatic N) is 2. The van der Waals surface area contributed by atoms with Crippen molar-refractivity contribution in [1.82, 2.24) is 9.80 Å². The van der Waals surface area contributed by atoms with Gasteiger partial charge in [-0.15, -0.1) is 0 Å². The molecular formula is C14H24N2O3. The summed E-state index contributed by atoms with van der Waals surface area (Å²) in [6, 6.07) is 0.585. The van der Waals surface area contributed by atoms with Crippen LogP contribution in [-0.4, -0.2) is 59.0 Å². The second-order valence-electron chi connectivity index (χ2n) is 5.81. The van der Waals surface area contributed by atoms with Crippen LogP contribution in [0.3, 0.4) is 0 Å². The van der Waals surface area contributed by atoms with E-state index in [0.29, 0.717) is 18.4 Å². The molecule has 0 aromatic heterocycles. The number of aliphatic carboxylic acids is 1. The van der Waals surface area contributed by atoms with Crippen molar-refractivity contribution in [3.8, 4) is 0 Å². The molecule has 2 fully saturated rings. The first kappa shape index (κ1) is 14.3. The minimum Gasteiger partial charge on any atom is -0.481 e. The van der Waals surface area contributed by atoms with Gasteiger partial charge in [-0.1, -0.05) is 0 Å². The first-order valence-electron chi connectivity index (χ1n) is 7.27. The van der Waals surface area contributed by atoms with Gasteiger partial charge in [0, 0.05) is 32.5 Å². The predicted molar refractivity (Wildman–Crippen MR) is 71.8 cm³/mol. The number of carbonyl (C=O) groups excluding carboxylic acids is 1. The highest BCUT2D eigenvalue weighted by molar-refractivity contribution is 5.73. The number of amides is 1. The molecule has 0 bridgehead atoms. The SMILES string of the molecule is CC(=O)N1CCC(N2CCC(CC(=O)O)CC2)CC1. The zero-order valence-corrected chi connectivity index (χ0v) is 11.7. The predicted octanol–water partition coefficient (Wildman–Crippen LogP) is 1.18. The summed E-state index contributed by atoms with van der Waals surface area (Å²) in [4.78, 5) is 26.4. The minimum absolute atomic E-state index is 0.179. The summed E-state index contributed by atoms with van der Waals surface area (Å²) in [5.41, 5.74) is 0. The molecule has 2 aliphatic heterocycles. The molecular weight excluding hydrogens is 244 g/mol. The van der Waals surface area contributed by atoms with Crippen LogP contribution in [0, 0.1) is 5.92 Å². The van der Waals surface area contributed by atoms with Crippen molar-refractivity contribution < 1.29 is 14.7 Å². The first-order chi connectivity index (χ1) is 9.06. The first-order valence-corrected chi connectivity index (χ1v) is 7.27. The molecule has 0 saturated carbocycles. The molecule has 0 aliphatic carbocycles. The van der Waals surface area contributed by atoms with Gasteiger partial charge in [0.15, 0.2) is 0 Å². The Hall–Kier alpha value is -1.10. The summed E-state index contributed by atoms with van der Waals surface area (Å²) < 4.78 is 0. The van der Waals surface area contributed by atoms with Crippen LogP contribution < -0.4 is 0 Å². The smallest absolute Gasteiger partial charge is 0.303 e. The fourth-order valence-electron chi connectivity index (χ4n) is 3.32. The fourth-order valence-corrected chi connectivity index (χ4v) is 3.32. The van der Waals surface area contributed by atoms with Crippen LogP contribution in [0.25, 0.3) is 0 Å². The number of hydrogen-bond donors (Lipinski definition) is 1. The number of piperidine rings is 2. The van der Waals surface area contributed by atoms with E-state index in [1.807, 2.05) is 4.90 Å². The van der Waals surface area contributed by atoms with Crippen molar-refractivity contribution in [1.29, 1.82) is 0 Å². The minimum atomic E-state index is -0.673. The van der Waals surface area contributed by atoms with Crippen LogP contribution in [0.5, 0.6) is 0 Å². The van der Waals surface area contributed by atoms with E-state index in [2.05, 4.69) is 4.90 Å². The lowest BCUT2D eigenvalue weighted by Gasteiger charge is -2.41. The quantitative estimate of drug-likeness (QED) is 0.835. The van der Waals surface area contributed by atoms with E-state index < -0.39 is 5.97 Å². The van der Waals surface area contributed by atoms with E-state index in [4.69, 9.17) is 5.11 Å². The van der Waals surface area contributed by atoms with Gasteiger partial charge in [-0.25, -0.2) is 0 Å². The Balaban J connectivity index is 1.74. The molecule has 2 rings (SSSR count). The van der Waals surface area contributed by atoms with Gasteiger partial charge in [-0.2, -0.15) is 0 Å². The van der Waals surface area contributed by atoms with Gasteiger partial charge in [-0.05, 0) is 44.7 Å². The highest BCUT2D eigenvalue weighted by Crippen LogP contribution is 2.25. The number of likely N-dealkylation sites (tertiary alicyclic amines) is 2. The maximum Gasteiger partial charge on any atom is 0.303 e. The molecule has 0 aromatic carbocycles. The molecule has 2 heterocycles. The third kappa shape index (κ3) is 3.93. The van der Waals surface area contributed by atoms with Crippen LogP contribution >= 0.6 is 0 Å². The second kappa shape index (κ2) is 6.37. The number of carboxylic acid groups (broad SMARTS) is 1. The third-order valence-electron chi connectivity index (χ3n) is 4.54. The van der Waals surface area contributed by atoms with E-state index in [-0.39, 0.29) is 5.91 Å². The number of carboxylic acids is 1. The number of carbonyl (C=O) groups is 2. The van der Waals surface area contributed by atoms with Gasteiger partial charge in [0.05, 0.1) is 0 Å². The normalized spacial score (nSPS) is 23.5. The average molecular weight is 268 g/mol. The molecule has 0 spiro atoms. The molecule has 0 atom stereocenters. The van der Waals surface area contributed by atoms with E-state index in [1.165, 1.54) is 0 Å². The molecule has 19 heavy (non-hydrogen) atoms. The lowest BCUT2D eigenvalue weighted by atomic mass is 9.91. The Kier molecular flexibility index (Phi) is 4.80. The summed E-state index contributed by atoms with van der Waals surface area (Å²) in [6.45, 7) is 5.41. The van der Waals surface area contributed by atoms with Gasteiger partial charge in [0.25, 0.3) is 0 Å². The summed E-state index contributed by atoms with van der Waals surface area (Å²) in [7, 11) is 0. The highest BCUT2D eigenvalue weighted by atomic mass is 16.4. The second-order valence-corrected chi connectivity index (χ2v) is 5.81. The van der Waals surface area contributed by atoms with E-state index in [9.17, 15) is 9.59 Å². The lowest BCUT2D eigenvalue weighted by Crippen LogP contribution is -2.48. The fraction of sp³-hybridized carbons (Fsp3) is 0.857. The van der Waals surface area contributed by atoms with Gasteiger partial charge in [-0.3, -0.25) is 9.59 Å².